The Hall–Kier alpha value is -3.07. The third-order valence-corrected chi connectivity index (χ3v) is 4.66. The Labute approximate surface area is 140 Å². The molecular weight excluding hydrogens is 298 g/mol. The molecule has 0 aromatic heterocycles. The molecule has 0 spiro atoms. The molecule has 3 heteroatoms. The number of esters is 1. The van der Waals surface area contributed by atoms with Crippen LogP contribution in [0.2, 0.25) is 0 Å². The maximum Gasteiger partial charge on any atom is 0.336 e. The summed E-state index contributed by atoms with van der Waals surface area (Å²) >= 11 is 0. The van der Waals surface area contributed by atoms with Gasteiger partial charge in [0, 0.05) is 11.5 Å². The Kier molecular flexibility index (Phi) is 3.35. The largest absolute Gasteiger partial charge is 0.466 e. The molecule has 0 fully saturated rings. The van der Waals surface area contributed by atoms with Crippen LogP contribution in [-0.4, -0.2) is 13.1 Å². The van der Waals surface area contributed by atoms with E-state index in [0.29, 0.717) is 11.3 Å². The fourth-order valence-electron chi connectivity index (χ4n) is 3.60. The van der Waals surface area contributed by atoms with E-state index in [1.54, 1.807) is 0 Å². The van der Waals surface area contributed by atoms with Crippen molar-refractivity contribution in [1.82, 2.24) is 0 Å². The minimum Gasteiger partial charge on any atom is -0.466 e. The molecule has 24 heavy (non-hydrogen) atoms. The lowest BCUT2D eigenvalue weighted by Gasteiger charge is -2.16. The summed E-state index contributed by atoms with van der Waals surface area (Å²) in [6.07, 6.45) is 0. The van der Waals surface area contributed by atoms with E-state index < -0.39 is 0 Å². The van der Waals surface area contributed by atoms with Crippen LogP contribution in [0.25, 0.3) is 16.5 Å². The van der Waals surface area contributed by atoms with Gasteiger partial charge in [-0.3, -0.25) is 0 Å². The van der Waals surface area contributed by atoms with E-state index in [9.17, 15) is 4.79 Å². The van der Waals surface area contributed by atoms with Crippen LogP contribution >= 0.6 is 0 Å². The second-order valence-corrected chi connectivity index (χ2v) is 5.91. The Balaban J connectivity index is 2.05. The highest BCUT2D eigenvalue weighted by molar-refractivity contribution is 6.08. The predicted molar refractivity (Wildman–Crippen MR) is 95.4 cm³/mol. The van der Waals surface area contributed by atoms with Gasteiger partial charge in [0.15, 0.2) is 0 Å². The third-order valence-electron chi connectivity index (χ3n) is 4.66. The summed E-state index contributed by atoms with van der Waals surface area (Å²) in [4.78, 5) is 12.5. The summed E-state index contributed by atoms with van der Waals surface area (Å²) < 4.78 is 5.02. The van der Waals surface area contributed by atoms with Gasteiger partial charge >= 0.3 is 5.97 Å². The van der Waals surface area contributed by atoms with Crippen molar-refractivity contribution in [3.63, 3.8) is 0 Å². The van der Waals surface area contributed by atoms with Crippen molar-refractivity contribution >= 4 is 22.4 Å². The summed E-state index contributed by atoms with van der Waals surface area (Å²) in [6, 6.07) is 22.2. The number of ether oxygens (including phenoxy) is 1. The summed E-state index contributed by atoms with van der Waals surface area (Å²) in [7, 11) is 1.39. The SMILES string of the molecule is COC(=O)C1=C(N)c2c(ccc3ccccc23)C1c1ccccc1. The minimum atomic E-state index is -0.373. The standard InChI is InChI=1S/C21H17NO2/c1-24-21(23)19-17(14-8-3-2-4-9-14)16-12-11-13-7-5-6-10-15(13)18(16)20(19)22/h2-12,17H,22H2,1H3. The smallest absolute Gasteiger partial charge is 0.336 e. The van der Waals surface area contributed by atoms with Crippen molar-refractivity contribution < 1.29 is 9.53 Å². The van der Waals surface area contributed by atoms with Gasteiger partial charge in [-0.2, -0.15) is 0 Å². The maximum absolute atomic E-state index is 12.5. The molecule has 0 bridgehead atoms. The summed E-state index contributed by atoms with van der Waals surface area (Å²) in [5.74, 6) is -0.570. The zero-order chi connectivity index (χ0) is 16.7. The quantitative estimate of drug-likeness (QED) is 0.731. The number of carbonyl (C=O) groups is 1. The average Bonchev–Trinajstić information content (AvgIpc) is 2.95. The molecule has 0 heterocycles. The Bertz CT molecular complexity index is 974. The molecule has 4 rings (SSSR count). The first kappa shape index (κ1) is 14.5. The van der Waals surface area contributed by atoms with Crippen molar-refractivity contribution in [3.8, 4) is 0 Å². The highest BCUT2D eigenvalue weighted by atomic mass is 16.5. The first-order chi connectivity index (χ1) is 11.7. The number of methoxy groups -OCH3 is 1. The third kappa shape index (κ3) is 2.02. The summed E-state index contributed by atoms with van der Waals surface area (Å²) in [5.41, 5.74) is 10.5. The lowest BCUT2D eigenvalue weighted by Crippen LogP contribution is -2.13. The van der Waals surface area contributed by atoms with Gasteiger partial charge in [0.05, 0.1) is 18.4 Å². The fourth-order valence-corrected chi connectivity index (χ4v) is 3.60. The normalized spacial score (nSPS) is 16.3. The molecule has 3 nitrogen and oxygen atoms in total. The zero-order valence-corrected chi connectivity index (χ0v) is 13.3. The molecule has 1 aliphatic carbocycles. The molecule has 0 radical (unpaired) electrons. The second kappa shape index (κ2) is 5.53. The van der Waals surface area contributed by atoms with Crippen LogP contribution in [0.3, 0.4) is 0 Å². The summed E-state index contributed by atoms with van der Waals surface area (Å²) in [6.45, 7) is 0. The van der Waals surface area contributed by atoms with Crippen LogP contribution in [0.1, 0.15) is 22.6 Å². The Morgan fingerprint density at radius 1 is 0.958 bits per heavy atom. The number of benzene rings is 3. The number of carbonyl (C=O) groups excluding carboxylic acids is 1. The van der Waals surface area contributed by atoms with E-state index in [2.05, 4.69) is 18.2 Å². The first-order valence-corrected chi connectivity index (χ1v) is 7.87. The number of hydrogen-bond acceptors (Lipinski definition) is 3. The molecule has 118 valence electrons. The van der Waals surface area contributed by atoms with Crippen LogP contribution in [0.4, 0.5) is 0 Å². The number of hydrogen-bond donors (Lipinski definition) is 1. The predicted octanol–water partition coefficient (Wildman–Crippen LogP) is 3.83. The number of nitrogens with two attached hydrogens (primary N) is 1. The Morgan fingerprint density at radius 3 is 2.42 bits per heavy atom. The van der Waals surface area contributed by atoms with Crippen molar-refractivity contribution in [2.45, 2.75) is 5.92 Å². The van der Waals surface area contributed by atoms with E-state index >= 15 is 0 Å². The van der Waals surface area contributed by atoms with E-state index in [4.69, 9.17) is 10.5 Å². The number of fused-ring (bicyclic) bond motifs is 3. The second-order valence-electron chi connectivity index (χ2n) is 5.91. The van der Waals surface area contributed by atoms with Crippen LogP contribution in [0.15, 0.2) is 72.3 Å². The van der Waals surface area contributed by atoms with E-state index in [-0.39, 0.29) is 11.9 Å². The van der Waals surface area contributed by atoms with Gasteiger partial charge in [0.25, 0.3) is 0 Å². The maximum atomic E-state index is 12.5. The van der Waals surface area contributed by atoms with Gasteiger partial charge in [-0.05, 0) is 21.9 Å². The van der Waals surface area contributed by atoms with Crippen molar-refractivity contribution in [2.75, 3.05) is 7.11 Å². The zero-order valence-electron chi connectivity index (χ0n) is 13.3. The van der Waals surface area contributed by atoms with Crippen molar-refractivity contribution in [2.24, 2.45) is 5.73 Å². The molecule has 0 saturated carbocycles. The Morgan fingerprint density at radius 2 is 1.67 bits per heavy atom. The van der Waals surface area contributed by atoms with E-state index in [1.807, 2.05) is 48.5 Å². The molecule has 0 amide bonds. The lowest BCUT2D eigenvalue weighted by atomic mass is 9.87. The molecule has 0 saturated heterocycles. The summed E-state index contributed by atoms with van der Waals surface area (Å²) in [5, 5.41) is 2.17. The van der Waals surface area contributed by atoms with Crippen molar-refractivity contribution in [1.29, 1.82) is 0 Å². The highest BCUT2D eigenvalue weighted by Gasteiger charge is 2.36. The molecule has 2 N–H and O–H groups in total. The number of rotatable bonds is 2. The van der Waals surface area contributed by atoms with Crippen molar-refractivity contribution in [3.05, 3.63) is 89.0 Å². The monoisotopic (exact) mass is 315 g/mol. The first-order valence-electron chi connectivity index (χ1n) is 7.87. The van der Waals surface area contributed by atoms with Gasteiger partial charge in [-0.15, -0.1) is 0 Å². The van der Waals surface area contributed by atoms with E-state index in [1.165, 1.54) is 7.11 Å². The lowest BCUT2D eigenvalue weighted by molar-refractivity contribution is -0.136. The minimum absolute atomic E-state index is 0.196. The molecule has 3 aromatic carbocycles. The molecule has 1 unspecified atom stereocenters. The molecule has 1 atom stereocenters. The van der Waals surface area contributed by atoms with Gasteiger partial charge in [0.1, 0.15) is 0 Å². The highest BCUT2D eigenvalue weighted by Crippen LogP contribution is 2.46. The molecule has 3 aromatic rings. The molecule has 1 aliphatic rings. The average molecular weight is 315 g/mol. The van der Waals surface area contributed by atoms with Crippen LogP contribution in [-0.2, 0) is 9.53 Å². The van der Waals surface area contributed by atoms with Gasteiger partial charge in [-0.25, -0.2) is 4.79 Å². The van der Waals surface area contributed by atoms with E-state index in [0.717, 1.165) is 27.5 Å². The van der Waals surface area contributed by atoms with Crippen LogP contribution < -0.4 is 5.73 Å². The van der Waals surface area contributed by atoms with Crippen LogP contribution in [0, 0.1) is 0 Å². The van der Waals surface area contributed by atoms with Crippen LogP contribution in [0.5, 0.6) is 0 Å². The van der Waals surface area contributed by atoms with Gasteiger partial charge in [-0.1, -0.05) is 66.7 Å². The fraction of sp³-hybridized carbons (Fsp3) is 0.0952. The van der Waals surface area contributed by atoms with Gasteiger partial charge in [0.2, 0.25) is 0 Å². The topological polar surface area (TPSA) is 52.3 Å². The molecule has 0 aliphatic heterocycles. The molecular formula is C21H17NO2. The van der Waals surface area contributed by atoms with Gasteiger partial charge < -0.3 is 10.5 Å².